The van der Waals surface area contributed by atoms with E-state index in [-0.39, 0.29) is 0 Å². The van der Waals surface area contributed by atoms with Crippen LogP contribution in [0.4, 0.5) is 0 Å². The van der Waals surface area contributed by atoms with Crippen LogP contribution in [0, 0.1) is 13.8 Å². The van der Waals surface area contributed by atoms with Gasteiger partial charge in [0.2, 0.25) is 6.20 Å². The van der Waals surface area contributed by atoms with Gasteiger partial charge in [0.25, 0.3) is 0 Å². The molecule has 4 aromatic rings. The number of aromatic amines is 1. The molecule has 2 aromatic carbocycles. The van der Waals surface area contributed by atoms with Gasteiger partial charge in [-0.3, -0.25) is 4.98 Å². The van der Waals surface area contributed by atoms with Crippen molar-refractivity contribution in [2.75, 3.05) is 13.2 Å². The normalized spacial score (nSPS) is 16.2. The third kappa shape index (κ3) is 4.82. The Bertz CT molecular complexity index is 1300. The molecule has 0 bridgehead atoms. The molecule has 2 N–H and O–H groups in total. The summed E-state index contributed by atoms with van der Waals surface area (Å²) in [6.45, 7) is 6.02. The van der Waals surface area contributed by atoms with Crippen molar-refractivity contribution < 1.29 is 9.42 Å². The SMILES string of the molecule is Cc1cc(C)cc(-c2cnc3cc(Cl)c(-c4c[nH][n+](C)c4)cc3c2OCC[C@H]2CCCCN2)c1. The van der Waals surface area contributed by atoms with Gasteiger partial charge < -0.3 is 10.1 Å². The molecule has 0 saturated carbocycles. The van der Waals surface area contributed by atoms with Crippen molar-refractivity contribution in [2.24, 2.45) is 7.05 Å². The van der Waals surface area contributed by atoms with E-state index in [1.807, 2.05) is 36.4 Å². The Balaban J connectivity index is 1.60. The molecule has 5 nitrogen and oxygen atoms in total. The van der Waals surface area contributed by atoms with Crippen molar-refractivity contribution in [3.05, 3.63) is 65.1 Å². The van der Waals surface area contributed by atoms with Crippen molar-refractivity contribution in [2.45, 2.75) is 45.6 Å². The summed E-state index contributed by atoms with van der Waals surface area (Å²) < 4.78 is 8.50. The summed E-state index contributed by atoms with van der Waals surface area (Å²) >= 11 is 6.69. The van der Waals surface area contributed by atoms with Gasteiger partial charge in [-0.05, 0) is 57.4 Å². The first-order chi connectivity index (χ1) is 16.5. The number of aromatic nitrogens is 3. The van der Waals surface area contributed by atoms with Crippen LogP contribution in [0.5, 0.6) is 5.75 Å². The number of hydrogen-bond acceptors (Lipinski definition) is 3. The molecule has 0 amide bonds. The van der Waals surface area contributed by atoms with Crippen LogP contribution >= 0.6 is 11.6 Å². The topological polar surface area (TPSA) is 53.8 Å². The molecule has 1 aliphatic rings. The molecule has 176 valence electrons. The summed E-state index contributed by atoms with van der Waals surface area (Å²) in [5.41, 5.74) is 7.43. The molecule has 1 saturated heterocycles. The van der Waals surface area contributed by atoms with E-state index in [1.54, 1.807) is 0 Å². The Hall–Kier alpha value is -2.89. The fraction of sp³-hybridized carbons (Fsp3) is 0.357. The zero-order valence-electron chi connectivity index (χ0n) is 20.1. The first kappa shape index (κ1) is 22.9. The van der Waals surface area contributed by atoms with E-state index in [2.05, 4.69) is 48.5 Å². The molecule has 34 heavy (non-hydrogen) atoms. The molecule has 5 rings (SSSR count). The van der Waals surface area contributed by atoms with Crippen LogP contribution in [-0.4, -0.2) is 29.3 Å². The van der Waals surface area contributed by atoms with Crippen LogP contribution in [-0.2, 0) is 7.05 Å². The predicted octanol–water partition coefficient (Wildman–Crippen LogP) is 5.90. The summed E-state index contributed by atoms with van der Waals surface area (Å²) in [4.78, 5) is 4.79. The summed E-state index contributed by atoms with van der Waals surface area (Å²) in [5, 5.41) is 8.47. The first-order valence-electron chi connectivity index (χ1n) is 12.1. The number of nitrogens with one attached hydrogen (secondary N) is 2. The Morgan fingerprint density at radius 3 is 2.59 bits per heavy atom. The van der Waals surface area contributed by atoms with Gasteiger partial charge in [0.1, 0.15) is 5.75 Å². The molecule has 0 unspecified atom stereocenters. The lowest BCUT2D eigenvalue weighted by Crippen LogP contribution is -2.35. The van der Waals surface area contributed by atoms with Gasteiger partial charge in [0, 0.05) is 28.8 Å². The number of ether oxygens (including phenoxy) is 1. The van der Waals surface area contributed by atoms with Gasteiger partial charge in [-0.15, -0.1) is 4.68 Å². The first-order valence-corrected chi connectivity index (χ1v) is 12.5. The van der Waals surface area contributed by atoms with Crippen LogP contribution in [0.3, 0.4) is 0 Å². The number of aryl methyl sites for hydroxylation is 3. The molecule has 0 aliphatic carbocycles. The molecule has 1 aliphatic heterocycles. The van der Waals surface area contributed by atoms with Crippen molar-refractivity contribution in [1.29, 1.82) is 0 Å². The second kappa shape index (κ2) is 9.77. The Morgan fingerprint density at radius 2 is 1.88 bits per heavy atom. The van der Waals surface area contributed by atoms with Gasteiger partial charge in [-0.25, -0.2) is 0 Å². The van der Waals surface area contributed by atoms with E-state index in [0.717, 1.165) is 51.9 Å². The number of nitrogens with zero attached hydrogens (tertiary/aromatic N) is 2. The fourth-order valence-corrected chi connectivity index (χ4v) is 5.24. The van der Waals surface area contributed by atoms with Crippen LogP contribution in [0.15, 0.2) is 48.9 Å². The van der Waals surface area contributed by atoms with E-state index < -0.39 is 0 Å². The average Bonchev–Trinajstić information content (AvgIpc) is 3.24. The highest BCUT2D eigenvalue weighted by Crippen LogP contribution is 2.40. The Labute approximate surface area is 206 Å². The molecular weight excluding hydrogens is 444 g/mol. The molecular formula is C28H32ClN4O+. The monoisotopic (exact) mass is 475 g/mol. The molecule has 1 atom stereocenters. The predicted molar refractivity (Wildman–Crippen MR) is 138 cm³/mol. The molecule has 1 fully saturated rings. The minimum atomic E-state index is 0.524. The van der Waals surface area contributed by atoms with Crippen LogP contribution in [0.2, 0.25) is 5.02 Å². The van der Waals surface area contributed by atoms with E-state index in [4.69, 9.17) is 21.3 Å². The summed E-state index contributed by atoms with van der Waals surface area (Å²) in [5.74, 6) is 0.878. The minimum Gasteiger partial charge on any atom is -0.492 e. The number of H-pyrrole nitrogens is 1. The lowest BCUT2D eigenvalue weighted by Gasteiger charge is -2.24. The number of rotatable bonds is 6. The van der Waals surface area contributed by atoms with Gasteiger partial charge in [0.05, 0.1) is 28.9 Å². The highest BCUT2D eigenvalue weighted by molar-refractivity contribution is 6.34. The van der Waals surface area contributed by atoms with Crippen molar-refractivity contribution in [3.8, 4) is 28.0 Å². The summed E-state index contributed by atoms with van der Waals surface area (Å²) in [6.07, 6.45) is 10.7. The fourth-order valence-electron chi connectivity index (χ4n) is 4.98. The quantitative estimate of drug-likeness (QED) is 0.341. The maximum absolute atomic E-state index is 6.69. The second-order valence-corrected chi connectivity index (χ2v) is 9.89. The van der Waals surface area contributed by atoms with Crippen molar-refractivity contribution in [3.63, 3.8) is 0 Å². The summed E-state index contributed by atoms with van der Waals surface area (Å²) in [7, 11) is 1.96. The Morgan fingerprint density at radius 1 is 1.06 bits per heavy atom. The maximum Gasteiger partial charge on any atom is 0.202 e. The van der Waals surface area contributed by atoms with E-state index in [0.29, 0.717) is 17.7 Å². The van der Waals surface area contributed by atoms with Crippen LogP contribution < -0.4 is 14.7 Å². The smallest absolute Gasteiger partial charge is 0.202 e. The lowest BCUT2D eigenvalue weighted by molar-refractivity contribution is -0.726. The van der Waals surface area contributed by atoms with Gasteiger partial charge in [-0.2, -0.15) is 5.10 Å². The van der Waals surface area contributed by atoms with Gasteiger partial charge in [-0.1, -0.05) is 47.3 Å². The zero-order valence-corrected chi connectivity index (χ0v) is 20.9. The highest BCUT2D eigenvalue weighted by Gasteiger charge is 2.19. The molecule has 6 heteroatoms. The van der Waals surface area contributed by atoms with Gasteiger partial charge in [0.15, 0.2) is 7.05 Å². The third-order valence-corrected chi connectivity index (χ3v) is 6.95. The largest absolute Gasteiger partial charge is 0.492 e. The standard InChI is InChI=1S/C28H31ClN4O/c1-18-10-19(2)12-20(11-18)25-16-31-27-14-26(29)23(21-15-32-33(3)17-21)13-24(27)28(25)34-9-7-22-6-4-5-8-30-22/h10-17,22,30H,4-9H2,1-3H3/p+1/t22-/m1/s1. The molecule has 2 aromatic heterocycles. The third-order valence-electron chi connectivity index (χ3n) is 6.63. The average molecular weight is 476 g/mol. The van der Waals surface area contributed by atoms with Crippen LogP contribution in [0.25, 0.3) is 33.2 Å². The number of pyridine rings is 1. The lowest BCUT2D eigenvalue weighted by atomic mass is 9.98. The molecule has 0 radical (unpaired) electrons. The maximum atomic E-state index is 6.69. The van der Waals surface area contributed by atoms with Crippen molar-refractivity contribution >= 4 is 22.5 Å². The number of hydrogen-bond donors (Lipinski definition) is 2. The molecule has 0 spiro atoms. The van der Waals surface area contributed by atoms with Crippen LogP contribution in [0.1, 0.15) is 36.8 Å². The minimum absolute atomic E-state index is 0.524. The number of fused-ring (bicyclic) bond motifs is 1. The highest BCUT2D eigenvalue weighted by atomic mass is 35.5. The van der Waals surface area contributed by atoms with E-state index >= 15 is 0 Å². The van der Waals surface area contributed by atoms with Gasteiger partial charge >= 0.3 is 0 Å². The Kier molecular flexibility index (Phi) is 6.57. The zero-order chi connectivity index (χ0) is 23.7. The number of benzene rings is 2. The summed E-state index contributed by atoms with van der Waals surface area (Å²) in [6, 6.07) is 11.2. The van der Waals surface area contributed by atoms with Crippen molar-refractivity contribution in [1.82, 2.24) is 15.4 Å². The number of halogens is 1. The second-order valence-electron chi connectivity index (χ2n) is 9.48. The van der Waals surface area contributed by atoms with E-state index in [1.165, 1.54) is 30.4 Å². The molecule has 3 heterocycles. The number of piperidine rings is 1. The van der Waals surface area contributed by atoms with E-state index in [9.17, 15) is 0 Å².